The summed E-state index contributed by atoms with van der Waals surface area (Å²) in [4.78, 5) is 6.90. The van der Waals surface area contributed by atoms with Crippen molar-refractivity contribution < 1.29 is 0 Å². The number of aromatic amines is 1. The number of imidazole rings is 1. The number of anilines is 1. The monoisotopic (exact) mass is 166 g/mol. The SMILES string of the molecule is Nc1ncc(CNC2CCC2)[nH]1. The Morgan fingerprint density at radius 3 is 3.00 bits per heavy atom. The largest absolute Gasteiger partial charge is 0.369 e. The number of aromatic nitrogens is 2. The first kappa shape index (κ1) is 7.61. The molecule has 0 aliphatic heterocycles. The van der Waals surface area contributed by atoms with Crippen LogP contribution in [0.15, 0.2) is 6.20 Å². The van der Waals surface area contributed by atoms with Gasteiger partial charge in [-0.15, -0.1) is 0 Å². The predicted octanol–water partition coefficient (Wildman–Crippen LogP) is 0.634. The Bertz CT molecular complexity index is 251. The molecule has 0 bridgehead atoms. The van der Waals surface area contributed by atoms with Crippen LogP contribution in [0.5, 0.6) is 0 Å². The van der Waals surface area contributed by atoms with Crippen LogP contribution in [-0.2, 0) is 6.54 Å². The highest BCUT2D eigenvalue weighted by Gasteiger charge is 2.16. The van der Waals surface area contributed by atoms with E-state index in [0.717, 1.165) is 18.3 Å². The average molecular weight is 166 g/mol. The number of nitrogen functional groups attached to an aromatic ring is 1. The van der Waals surface area contributed by atoms with Gasteiger partial charge >= 0.3 is 0 Å². The smallest absolute Gasteiger partial charge is 0.197 e. The fourth-order valence-corrected chi connectivity index (χ4v) is 1.33. The number of hydrogen-bond donors (Lipinski definition) is 3. The van der Waals surface area contributed by atoms with Gasteiger partial charge in [-0.05, 0) is 12.8 Å². The average Bonchev–Trinajstić information content (AvgIpc) is 2.32. The molecule has 1 fully saturated rings. The predicted molar refractivity (Wildman–Crippen MR) is 47.5 cm³/mol. The van der Waals surface area contributed by atoms with E-state index in [1.54, 1.807) is 6.20 Å². The highest BCUT2D eigenvalue weighted by atomic mass is 15.0. The Hall–Kier alpha value is -1.03. The molecule has 1 aliphatic rings. The van der Waals surface area contributed by atoms with Crippen molar-refractivity contribution in [2.45, 2.75) is 31.8 Å². The zero-order valence-electron chi connectivity index (χ0n) is 7.01. The maximum atomic E-state index is 5.44. The van der Waals surface area contributed by atoms with Crippen molar-refractivity contribution >= 4 is 5.95 Å². The molecule has 1 heterocycles. The summed E-state index contributed by atoms with van der Waals surface area (Å²) in [6, 6.07) is 0.717. The van der Waals surface area contributed by atoms with Crippen LogP contribution >= 0.6 is 0 Å². The molecule has 1 aliphatic carbocycles. The van der Waals surface area contributed by atoms with Crippen molar-refractivity contribution in [2.75, 3.05) is 5.73 Å². The van der Waals surface area contributed by atoms with Crippen LogP contribution in [0, 0.1) is 0 Å². The van der Waals surface area contributed by atoms with Gasteiger partial charge in [0.1, 0.15) is 0 Å². The molecule has 0 aromatic carbocycles. The summed E-state index contributed by atoms with van der Waals surface area (Å²) in [6.07, 6.45) is 5.76. The number of rotatable bonds is 3. The Kier molecular flexibility index (Phi) is 1.99. The summed E-state index contributed by atoms with van der Waals surface area (Å²) in [5.41, 5.74) is 6.51. The molecule has 2 rings (SSSR count). The summed E-state index contributed by atoms with van der Waals surface area (Å²) < 4.78 is 0. The topological polar surface area (TPSA) is 66.7 Å². The lowest BCUT2D eigenvalue weighted by Crippen LogP contribution is -2.34. The van der Waals surface area contributed by atoms with Gasteiger partial charge in [0.2, 0.25) is 0 Å². The number of nitrogens with one attached hydrogen (secondary N) is 2. The quantitative estimate of drug-likeness (QED) is 0.617. The summed E-state index contributed by atoms with van der Waals surface area (Å²) >= 11 is 0. The second kappa shape index (κ2) is 3.15. The van der Waals surface area contributed by atoms with E-state index in [4.69, 9.17) is 5.73 Å². The standard InChI is InChI=1S/C8H14N4/c9-8-11-5-7(12-8)4-10-6-2-1-3-6/h5-6,10H,1-4H2,(H3,9,11,12). The highest BCUT2D eigenvalue weighted by molar-refractivity contribution is 5.18. The van der Waals surface area contributed by atoms with Crippen molar-refractivity contribution in [3.8, 4) is 0 Å². The summed E-state index contributed by atoms with van der Waals surface area (Å²) in [6.45, 7) is 0.856. The van der Waals surface area contributed by atoms with Gasteiger partial charge in [-0.25, -0.2) is 4.98 Å². The molecule has 4 N–H and O–H groups in total. The van der Waals surface area contributed by atoms with Crippen LogP contribution in [0.25, 0.3) is 0 Å². The Labute approximate surface area is 71.6 Å². The first-order valence-electron chi connectivity index (χ1n) is 4.37. The van der Waals surface area contributed by atoms with Crippen molar-refractivity contribution in [1.29, 1.82) is 0 Å². The van der Waals surface area contributed by atoms with Gasteiger partial charge in [-0.2, -0.15) is 0 Å². The van der Waals surface area contributed by atoms with E-state index in [9.17, 15) is 0 Å². The first-order chi connectivity index (χ1) is 5.84. The molecule has 1 aromatic rings. The molecule has 12 heavy (non-hydrogen) atoms. The number of nitrogens with two attached hydrogens (primary N) is 1. The molecule has 1 saturated carbocycles. The minimum Gasteiger partial charge on any atom is -0.369 e. The molecule has 4 nitrogen and oxygen atoms in total. The molecule has 1 aromatic heterocycles. The minimum atomic E-state index is 0.500. The zero-order valence-corrected chi connectivity index (χ0v) is 7.01. The fourth-order valence-electron chi connectivity index (χ4n) is 1.33. The van der Waals surface area contributed by atoms with E-state index >= 15 is 0 Å². The van der Waals surface area contributed by atoms with Gasteiger partial charge < -0.3 is 16.0 Å². The third-order valence-electron chi connectivity index (χ3n) is 2.33. The van der Waals surface area contributed by atoms with Gasteiger partial charge in [0.15, 0.2) is 5.95 Å². The van der Waals surface area contributed by atoms with Gasteiger partial charge in [0.05, 0.1) is 11.9 Å². The van der Waals surface area contributed by atoms with Gasteiger partial charge in [0, 0.05) is 12.6 Å². The lowest BCUT2D eigenvalue weighted by atomic mass is 9.93. The van der Waals surface area contributed by atoms with E-state index in [1.165, 1.54) is 19.3 Å². The van der Waals surface area contributed by atoms with E-state index in [0.29, 0.717) is 5.95 Å². The van der Waals surface area contributed by atoms with Crippen molar-refractivity contribution in [3.63, 3.8) is 0 Å². The van der Waals surface area contributed by atoms with E-state index in [2.05, 4.69) is 15.3 Å². The molecule has 0 radical (unpaired) electrons. The summed E-state index contributed by atoms with van der Waals surface area (Å²) in [5, 5.41) is 3.42. The molecule has 0 saturated heterocycles. The van der Waals surface area contributed by atoms with Crippen molar-refractivity contribution in [2.24, 2.45) is 0 Å². The van der Waals surface area contributed by atoms with Crippen LogP contribution in [0.1, 0.15) is 25.0 Å². The lowest BCUT2D eigenvalue weighted by Gasteiger charge is -2.26. The highest BCUT2D eigenvalue weighted by Crippen LogP contribution is 2.18. The number of nitrogens with zero attached hydrogens (tertiary/aromatic N) is 1. The maximum Gasteiger partial charge on any atom is 0.197 e. The Morgan fingerprint density at radius 1 is 1.67 bits per heavy atom. The van der Waals surface area contributed by atoms with Crippen LogP contribution in [0.4, 0.5) is 5.95 Å². The van der Waals surface area contributed by atoms with E-state index in [1.807, 2.05) is 0 Å². The third-order valence-corrected chi connectivity index (χ3v) is 2.33. The molecule has 0 amide bonds. The molecule has 4 heteroatoms. The van der Waals surface area contributed by atoms with Crippen LogP contribution in [0.3, 0.4) is 0 Å². The first-order valence-corrected chi connectivity index (χ1v) is 4.37. The minimum absolute atomic E-state index is 0.500. The Balaban J connectivity index is 1.79. The summed E-state index contributed by atoms with van der Waals surface area (Å²) in [5.74, 6) is 0.500. The van der Waals surface area contributed by atoms with Gasteiger partial charge in [-0.1, -0.05) is 6.42 Å². The van der Waals surface area contributed by atoms with Crippen molar-refractivity contribution in [1.82, 2.24) is 15.3 Å². The molecular weight excluding hydrogens is 152 g/mol. The molecule has 66 valence electrons. The van der Waals surface area contributed by atoms with Crippen molar-refractivity contribution in [3.05, 3.63) is 11.9 Å². The van der Waals surface area contributed by atoms with E-state index in [-0.39, 0.29) is 0 Å². The maximum absolute atomic E-state index is 5.44. The molecule has 0 unspecified atom stereocenters. The van der Waals surface area contributed by atoms with Gasteiger partial charge in [0.25, 0.3) is 0 Å². The Morgan fingerprint density at radius 2 is 2.50 bits per heavy atom. The van der Waals surface area contributed by atoms with Crippen LogP contribution in [-0.4, -0.2) is 16.0 Å². The lowest BCUT2D eigenvalue weighted by molar-refractivity contribution is 0.337. The van der Waals surface area contributed by atoms with Crippen LogP contribution < -0.4 is 11.1 Å². The molecule has 0 atom stereocenters. The zero-order chi connectivity index (χ0) is 8.39. The third kappa shape index (κ3) is 1.58. The second-order valence-electron chi connectivity index (χ2n) is 3.30. The second-order valence-corrected chi connectivity index (χ2v) is 3.30. The molecular formula is C8H14N4. The van der Waals surface area contributed by atoms with Gasteiger partial charge in [-0.3, -0.25) is 0 Å². The van der Waals surface area contributed by atoms with E-state index < -0.39 is 0 Å². The fraction of sp³-hybridized carbons (Fsp3) is 0.625. The number of H-pyrrole nitrogens is 1. The molecule has 0 spiro atoms. The normalized spacial score (nSPS) is 17.7. The summed E-state index contributed by atoms with van der Waals surface area (Å²) in [7, 11) is 0. The van der Waals surface area contributed by atoms with Crippen LogP contribution in [0.2, 0.25) is 0 Å². The number of hydrogen-bond acceptors (Lipinski definition) is 3.